The Balaban J connectivity index is 2.42. The predicted octanol–water partition coefficient (Wildman–Crippen LogP) is 3.63. The van der Waals surface area contributed by atoms with E-state index in [1.54, 1.807) is 0 Å². The highest BCUT2D eigenvalue weighted by Crippen LogP contribution is 2.27. The van der Waals surface area contributed by atoms with Crippen LogP contribution >= 0.6 is 22.6 Å². The molecule has 0 bridgehead atoms. The highest BCUT2D eigenvalue weighted by Gasteiger charge is 2.11. The molecule has 0 amide bonds. The SMILES string of the molecule is Cn1c(CCCC#N)c(I)c2ccccc21. The van der Waals surface area contributed by atoms with E-state index in [1.807, 2.05) is 0 Å². The number of aryl methyl sites for hydroxylation is 1. The standard InChI is InChI=1S/C13H13IN2/c1-16-11-7-3-2-6-10(11)13(14)12(16)8-4-5-9-15/h2-3,6-7H,4-5,8H2,1H3. The van der Waals surface area contributed by atoms with Crippen LogP contribution in [0.5, 0.6) is 0 Å². The Morgan fingerprint density at radius 2 is 2.12 bits per heavy atom. The average Bonchev–Trinajstić information content (AvgIpc) is 2.55. The second kappa shape index (κ2) is 4.88. The lowest BCUT2D eigenvalue weighted by molar-refractivity contribution is 0.769. The molecule has 2 nitrogen and oxygen atoms in total. The highest BCUT2D eigenvalue weighted by atomic mass is 127. The maximum Gasteiger partial charge on any atom is 0.0621 e. The van der Waals surface area contributed by atoms with E-state index in [4.69, 9.17) is 5.26 Å². The smallest absolute Gasteiger partial charge is 0.0621 e. The average molecular weight is 324 g/mol. The summed E-state index contributed by atoms with van der Waals surface area (Å²) in [7, 11) is 2.10. The van der Waals surface area contributed by atoms with Gasteiger partial charge in [0.05, 0.1) is 6.07 Å². The molecule has 82 valence electrons. The number of hydrogen-bond donors (Lipinski definition) is 0. The number of benzene rings is 1. The summed E-state index contributed by atoms with van der Waals surface area (Å²) in [6.45, 7) is 0. The predicted molar refractivity (Wildman–Crippen MR) is 74.2 cm³/mol. The van der Waals surface area contributed by atoms with E-state index in [0.29, 0.717) is 6.42 Å². The molecule has 2 aromatic rings. The van der Waals surface area contributed by atoms with Crippen molar-refractivity contribution in [2.75, 3.05) is 0 Å². The first-order chi connectivity index (χ1) is 7.75. The number of nitriles is 1. The van der Waals surface area contributed by atoms with Crippen LogP contribution in [0.4, 0.5) is 0 Å². The van der Waals surface area contributed by atoms with Crippen LogP contribution in [-0.2, 0) is 13.5 Å². The molecule has 0 spiro atoms. The Morgan fingerprint density at radius 1 is 1.38 bits per heavy atom. The number of para-hydroxylation sites is 1. The van der Waals surface area contributed by atoms with E-state index in [0.717, 1.165) is 12.8 Å². The van der Waals surface area contributed by atoms with Crippen LogP contribution in [0.15, 0.2) is 24.3 Å². The summed E-state index contributed by atoms with van der Waals surface area (Å²) in [4.78, 5) is 0. The van der Waals surface area contributed by atoms with Crippen molar-refractivity contribution in [2.45, 2.75) is 19.3 Å². The molecule has 0 saturated carbocycles. The number of unbranched alkanes of at least 4 members (excludes halogenated alkanes) is 1. The molecule has 3 heteroatoms. The van der Waals surface area contributed by atoms with E-state index >= 15 is 0 Å². The molecule has 2 rings (SSSR count). The van der Waals surface area contributed by atoms with E-state index < -0.39 is 0 Å². The Hall–Kier alpha value is -1.02. The summed E-state index contributed by atoms with van der Waals surface area (Å²) in [5, 5.41) is 9.88. The van der Waals surface area contributed by atoms with Crippen molar-refractivity contribution >= 4 is 33.5 Å². The number of aromatic nitrogens is 1. The van der Waals surface area contributed by atoms with Crippen LogP contribution < -0.4 is 0 Å². The summed E-state index contributed by atoms with van der Waals surface area (Å²) in [6, 6.07) is 10.6. The fourth-order valence-corrected chi connectivity index (χ4v) is 3.10. The van der Waals surface area contributed by atoms with Crippen molar-refractivity contribution in [2.24, 2.45) is 7.05 Å². The van der Waals surface area contributed by atoms with Crippen LogP contribution in [0.3, 0.4) is 0 Å². The molecule has 0 aliphatic heterocycles. The van der Waals surface area contributed by atoms with Crippen LogP contribution in [-0.4, -0.2) is 4.57 Å². The van der Waals surface area contributed by atoms with Crippen molar-refractivity contribution in [1.82, 2.24) is 4.57 Å². The van der Waals surface area contributed by atoms with Crippen molar-refractivity contribution in [1.29, 1.82) is 5.26 Å². The molecule has 16 heavy (non-hydrogen) atoms. The summed E-state index contributed by atoms with van der Waals surface area (Å²) >= 11 is 2.41. The van der Waals surface area contributed by atoms with Gasteiger partial charge in [0.15, 0.2) is 0 Å². The van der Waals surface area contributed by atoms with Gasteiger partial charge in [-0.1, -0.05) is 18.2 Å². The zero-order valence-corrected chi connectivity index (χ0v) is 11.4. The fourth-order valence-electron chi connectivity index (χ4n) is 2.01. The molecule has 1 aromatic heterocycles. The van der Waals surface area contributed by atoms with Crippen LogP contribution in [0.25, 0.3) is 10.9 Å². The molecule has 0 atom stereocenters. The lowest BCUT2D eigenvalue weighted by atomic mass is 10.2. The Morgan fingerprint density at radius 3 is 2.81 bits per heavy atom. The van der Waals surface area contributed by atoms with Gasteiger partial charge in [-0.15, -0.1) is 0 Å². The Kier molecular flexibility index (Phi) is 3.49. The normalized spacial score (nSPS) is 10.6. The third-order valence-electron chi connectivity index (χ3n) is 2.86. The van der Waals surface area contributed by atoms with Gasteiger partial charge in [0.2, 0.25) is 0 Å². The first-order valence-corrected chi connectivity index (χ1v) is 6.42. The molecule has 0 unspecified atom stereocenters. The second-order valence-corrected chi connectivity index (χ2v) is 4.93. The molecule has 0 radical (unpaired) electrons. The van der Waals surface area contributed by atoms with Gasteiger partial charge in [0.25, 0.3) is 0 Å². The van der Waals surface area contributed by atoms with Gasteiger partial charge in [0, 0.05) is 33.6 Å². The Bertz CT molecular complexity index is 510. The quantitative estimate of drug-likeness (QED) is 0.626. The number of nitrogens with zero attached hydrogens (tertiary/aromatic N) is 2. The number of hydrogen-bond acceptors (Lipinski definition) is 1. The molecule has 0 N–H and O–H groups in total. The minimum atomic E-state index is 0.637. The van der Waals surface area contributed by atoms with E-state index in [-0.39, 0.29) is 0 Å². The molecule has 0 aliphatic carbocycles. The number of rotatable bonds is 3. The van der Waals surface area contributed by atoms with Gasteiger partial charge < -0.3 is 4.57 Å². The monoisotopic (exact) mass is 324 g/mol. The van der Waals surface area contributed by atoms with Crippen LogP contribution in [0.2, 0.25) is 0 Å². The van der Waals surface area contributed by atoms with Crippen LogP contribution in [0.1, 0.15) is 18.5 Å². The zero-order valence-electron chi connectivity index (χ0n) is 9.20. The Labute approximate surface area is 109 Å². The summed E-state index contributed by atoms with van der Waals surface area (Å²) in [5.41, 5.74) is 2.62. The molecule has 0 aliphatic rings. The van der Waals surface area contributed by atoms with Gasteiger partial charge in [-0.25, -0.2) is 0 Å². The molecule has 1 heterocycles. The first-order valence-electron chi connectivity index (χ1n) is 5.34. The summed E-state index contributed by atoms with van der Waals surface area (Å²) in [6.07, 6.45) is 2.56. The zero-order chi connectivity index (χ0) is 11.5. The van der Waals surface area contributed by atoms with E-state index in [1.165, 1.54) is 20.2 Å². The molecule has 1 aromatic carbocycles. The maximum atomic E-state index is 8.56. The molecular formula is C13H13IN2. The maximum absolute atomic E-state index is 8.56. The van der Waals surface area contributed by atoms with Gasteiger partial charge >= 0.3 is 0 Å². The van der Waals surface area contributed by atoms with Gasteiger partial charge in [-0.05, 0) is 41.5 Å². The van der Waals surface area contributed by atoms with Crippen LogP contribution in [0, 0.1) is 14.9 Å². The molecule has 0 saturated heterocycles. The summed E-state index contributed by atoms with van der Waals surface area (Å²) in [5.74, 6) is 0. The van der Waals surface area contributed by atoms with Crippen molar-refractivity contribution in [3.63, 3.8) is 0 Å². The van der Waals surface area contributed by atoms with Gasteiger partial charge in [0.1, 0.15) is 0 Å². The second-order valence-electron chi connectivity index (χ2n) is 3.85. The number of halogens is 1. The third kappa shape index (κ3) is 1.94. The molecular weight excluding hydrogens is 311 g/mol. The van der Waals surface area contributed by atoms with E-state index in [9.17, 15) is 0 Å². The number of fused-ring (bicyclic) bond motifs is 1. The summed E-state index contributed by atoms with van der Waals surface area (Å²) < 4.78 is 3.57. The fraction of sp³-hybridized carbons (Fsp3) is 0.308. The van der Waals surface area contributed by atoms with Crippen molar-refractivity contribution in [3.8, 4) is 6.07 Å². The minimum absolute atomic E-state index is 0.637. The van der Waals surface area contributed by atoms with E-state index in [2.05, 4.69) is 64.5 Å². The van der Waals surface area contributed by atoms with Crippen molar-refractivity contribution < 1.29 is 0 Å². The lowest BCUT2D eigenvalue weighted by Gasteiger charge is -2.03. The lowest BCUT2D eigenvalue weighted by Crippen LogP contribution is -1.97. The van der Waals surface area contributed by atoms with Crippen molar-refractivity contribution in [3.05, 3.63) is 33.5 Å². The first kappa shape index (κ1) is 11.5. The van der Waals surface area contributed by atoms with Gasteiger partial charge in [-0.3, -0.25) is 0 Å². The largest absolute Gasteiger partial charge is 0.347 e. The highest BCUT2D eigenvalue weighted by molar-refractivity contribution is 14.1. The topological polar surface area (TPSA) is 28.7 Å². The third-order valence-corrected chi connectivity index (χ3v) is 4.07. The molecule has 0 fully saturated rings. The minimum Gasteiger partial charge on any atom is -0.347 e. The van der Waals surface area contributed by atoms with Gasteiger partial charge in [-0.2, -0.15) is 5.26 Å².